The zero-order chi connectivity index (χ0) is 15.3. The summed E-state index contributed by atoms with van der Waals surface area (Å²) in [6.45, 7) is 6.44. The third-order valence-corrected chi connectivity index (χ3v) is 3.19. The van der Waals surface area contributed by atoms with Gasteiger partial charge in [0.05, 0.1) is 6.21 Å². The van der Waals surface area contributed by atoms with Gasteiger partial charge in [0.2, 0.25) is 0 Å². The fourth-order valence-corrected chi connectivity index (χ4v) is 1.89. The monoisotopic (exact) mass is 280 g/mol. The smallest absolute Gasteiger partial charge is 0.267 e. The van der Waals surface area contributed by atoms with E-state index in [0.29, 0.717) is 5.56 Å². The van der Waals surface area contributed by atoms with Crippen molar-refractivity contribution in [1.82, 2.24) is 5.43 Å². The van der Waals surface area contributed by atoms with Crippen LogP contribution in [-0.4, -0.2) is 12.1 Å². The second kappa shape index (κ2) is 6.35. The summed E-state index contributed by atoms with van der Waals surface area (Å²) in [6.07, 6.45) is 1.63. The Morgan fingerprint density at radius 3 is 2.19 bits per heavy atom. The van der Waals surface area contributed by atoms with E-state index in [9.17, 15) is 4.79 Å². The minimum atomic E-state index is -0.206. The normalized spacial score (nSPS) is 11.6. The van der Waals surface area contributed by atoms with Crippen LogP contribution in [-0.2, 0) is 5.41 Å². The molecule has 3 nitrogen and oxygen atoms in total. The molecule has 1 N–H and O–H groups in total. The van der Waals surface area contributed by atoms with Gasteiger partial charge in [-0.15, -0.1) is 0 Å². The van der Waals surface area contributed by atoms with Crippen LogP contribution in [0.3, 0.4) is 0 Å². The molecule has 0 unspecified atom stereocenters. The van der Waals surface area contributed by atoms with Gasteiger partial charge in [-0.25, -0.2) is 5.43 Å². The Kier molecular flexibility index (Phi) is 4.53. The number of nitrogens with one attached hydrogen (secondary N) is 1. The van der Waals surface area contributed by atoms with Crippen LogP contribution in [0.5, 0.6) is 0 Å². The lowest BCUT2D eigenvalue weighted by Crippen LogP contribution is -2.18. The number of rotatable bonds is 3. The lowest BCUT2D eigenvalue weighted by atomic mass is 9.87. The van der Waals surface area contributed by atoms with Crippen LogP contribution in [0.2, 0.25) is 0 Å². The van der Waals surface area contributed by atoms with Crippen LogP contribution >= 0.6 is 0 Å². The summed E-state index contributed by atoms with van der Waals surface area (Å²) in [6, 6.07) is 17.3. The van der Waals surface area contributed by atoms with Crippen molar-refractivity contribution in [3.63, 3.8) is 0 Å². The van der Waals surface area contributed by atoms with Gasteiger partial charge >= 0.3 is 0 Å². The highest BCUT2D eigenvalue weighted by Crippen LogP contribution is 2.22. The maximum absolute atomic E-state index is 12.0. The highest BCUT2D eigenvalue weighted by molar-refractivity contribution is 5.94. The average Bonchev–Trinajstić information content (AvgIpc) is 2.47. The molecule has 0 saturated heterocycles. The van der Waals surface area contributed by atoms with Crippen LogP contribution in [0, 0.1) is 0 Å². The van der Waals surface area contributed by atoms with Crippen molar-refractivity contribution in [2.75, 3.05) is 0 Å². The molecule has 1 amide bonds. The van der Waals surface area contributed by atoms with E-state index >= 15 is 0 Å². The van der Waals surface area contributed by atoms with E-state index in [1.807, 2.05) is 54.6 Å². The molecule has 3 heteroatoms. The lowest BCUT2D eigenvalue weighted by Gasteiger charge is -2.18. The van der Waals surface area contributed by atoms with E-state index in [0.717, 1.165) is 5.56 Å². The molecule has 2 aromatic carbocycles. The van der Waals surface area contributed by atoms with E-state index in [1.54, 1.807) is 6.21 Å². The number of amides is 1. The van der Waals surface area contributed by atoms with Crippen LogP contribution in [0.25, 0.3) is 0 Å². The largest absolute Gasteiger partial charge is 0.271 e. The van der Waals surface area contributed by atoms with E-state index in [2.05, 4.69) is 31.3 Å². The SMILES string of the molecule is CC(C)(C)c1ccc(C(=O)NN=Cc2ccccc2)cc1. The van der Waals surface area contributed by atoms with Gasteiger partial charge < -0.3 is 0 Å². The molecule has 2 aromatic rings. The summed E-state index contributed by atoms with van der Waals surface area (Å²) in [7, 11) is 0. The van der Waals surface area contributed by atoms with Crippen LogP contribution in [0.1, 0.15) is 42.3 Å². The first-order chi connectivity index (χ1) is 9.97. The van der Waals surface area contributed by atoms with Crippen LogP contribution in [0.4, 0.5) is 0 Å². The van der Waals surface area contributed by atoms with Crippen molar-refractivity contribution in [3.8, 4) is 0 Å². The second-order valence-electron chi connectivity index (χ2n) is 5.94. The van der Waals surface area contributed by atoms with Gasteiger partial charge in [0.15, 0.2) is 0 Å². The van der Waals surface area contributed by atoms with Gasteiger partial charge in [-0.05, 0) is 28.7 Å². The third kappa shape index (κ3) is 4.28. The van der Waals surface area contributed by atoms with E-state index in [4.69, 9.17) is 0 Å². The molecule has 0 aliphatic rings. The maximum Gasteiger partial charge on any atom is 0.271 e. The highest BCUT2D eigenvalue weighted by atomic mass is 16.2. The Bertz CT molecular complexity index is 623. The van der Waals surface area contributed by atoms with E-state index in [-0.39, 0.29) is 11.3 Å². The van der Waals surface area contributed by atoms with Crippen molar-refractivity contribution in [3.05, 3.63) is 71.3 Å². The zero-order valence-corrected chi connectivity index (χ0v) is 12.6. The number of hydrogen-bond acceptors (Lipinski definition) is 2. The van der Waals surface area contributed by atoms with Crippen molar-refractivity contribution in [2.45, 2.75) is 26.2 Å². The van der Waals surface area contributed by atoms with Gasteiger partial charge in [0.1, 0.15) is 0 Å². The number of hydrazone groups is 1. The Hall–Kier alpha value is -2.42. The van der Waals surface area contributed by atoms with Crippen LogP contribution in [0.15, 0.2) is 59.7 Å². The fourth-order valence-electron chi connectivity index (χ4n) is 1.89. The predicted octanol–water partition coefficient (Wildman–Crippen LogP) is 3.75. The molecule has 0 fully saturated rings. The topological polar surface area (TPSA) is 41.5 Å². The zero-order valence-electron chi connectivity index (χ0n) is 12.6. The van der Waals surface area contributed by atoms with Gasteiger partial charge in [-0.3, -0.25) is 4.79 Å². The number of carbonyl (C=O) groups is 1. The van der Waals surface area contributed by atoms with Gasteiger partial charge in [0.25, 0.3) is 5.91 Å². The molecule has 108 valence electrons. The van der Waals surface area contributed by atoms with Crippen molar-refractivity contribution in [1.29, 1.82) is 0 Å². The number of carbonyl (C=O) groups excluding carboxylic acids is 1. The standard InChI is InChI=1S/C18H20N2O/c1-18(2,3)16-11-9-15(10-12-16)17(21)20-19-13-14-7-5-4-6-8-14/h4-13H,1-3H3,(H,20,21). The van der Waals surface area contributed by atoms with Crippen molar-refractivity contribution in [2.24, 2.45) is 5.10 Å². The number of hydrogen-bond donors (Lipinski definition) is 1. The first-order valence-corrected chi connectivity index (χ1v) is 6.96. The predicted molar refractivity (Wildman–Crippen MR) is 86.6 cm³/mol. The van der Waals surface area contributed by atoms with Crippen molar-refractivity contribution >= 4 is 12.1 Å². The molecule has 0 saturated carbocycles. The molecule has 0 atom stereocenters. The van der Waals surface area contributed by atoms with Crippen LogP contribution < -0.4 is 5.43 Å². The Labute approximate surface area is 125 Å². The molecule has 21 heavy (non-hydrogen) atoms. The maximum atomic E-state index is 12.0. The highest BCUT2D eigenvalue weighted by Gasteiger charge is 2.13. The van der Waals surface area contributed by atoms with Gasteiger partial charge in [-0.2, -0.15) is 5.10 Å². The fraction of sp³-hybridized carbons (Fsp3) is 0.222. The average molecular weight is 280 g/mol. The number of nitrogens with zero attached hydrogens (tertiary/aromatic N) is 1. The molecule has 0 radical (unpaired) electrons. The summed E-state index contributed by atoms with van der Waals surface area (Å²) < 4.78 is 0. The molecule has 0 heterocycles. The quantitative estimate of drug-likeness (QED) is 0.675. The molecule has 0 bridgehead atoms. The molecule has 0 aliphatic heterocycles. The molecule has 0 aromatic heterocycles. The number of benzene rings is 2. The second-order valence-corrected chi connectivity index (χ2v) is 5.94. The summed E-state index contributed by atoms with van der Waals surface area (Å²) in [5.41, 5.74) is 5.37. The molecule has 0 spiro atoms. The van der Waals surface area contributed by atoms with Gasteiger partial charge in [-0.1, -0.05) is 63.2 Å². The Balaban J connectivity index is 1.99. The summed E-state index contributed by atoms with van der Waals surface area (Å²) >= 11 is 0. The molecule has 0 aliphatic carbocycles. The molecular formula is C18H20N2O. The molecular weight excluding hydrogens is 260 g/mol. The first-order valence-electron chi connectivity index (χ1n) is 6.96. The summed E-state index contributed by atoms with van der Waals surface area (Å²) in [4.78, 5) is 12.0. The minimum absolute atomic E-state index is 0.0838. The van der Waals surface area contributed by atoms with Crippen molar-refractivity contribution < 1.29 is 4.79 Å². The lowest BCUT2D eigenvalue weighted by molar-refractivity contribution is 0.0955. The minimum Gasteiger partial charge on any atom is -0.267 e. The van der Waals surface area contributed by atoms with E-state index in [1.165, 1.54) is 5.56 Å². The summed E-state index contributed by atoms with van der Waals surface area (Å²) in [5.74, 6) is -0.206. The van der Waals surface area contributed by atoms with E-state index < -0.39 is 0 Å². The summed E-state index contributed by atoms with van der Waals surface area (Å²) in [5, 5.41) is 3.96. The molecule has 2 rings (SSSR count). The third-order valence-electron chi connectivity index (χ3n) is 3.19. The Morgan fingerprint density at radius 1 is 1.00 bits per heavy atom. The van der Waals surface area contributed by atoms with Gasteiger partial charge in [0, 0.05) is 5.56 Å². The first kappa shape index (κ1) is 15.0. The Morgan fingerprint density at radius 2 is 1.62 bits per heavy atom.